The van der Waals surface area contributed by atoms with Crippen molar-refractivity contribution in [3.63, 3.8) is 0 Å². The van der Waals surface area contributed by atoms with Crippen LogP contribution in [0.5, 0.6) is 5.75 Å². The van der Waals surface area contributed by atoms with Crippen molar-refractivity contribution in [2.45, 2.75) is 0 Å². The highest BCUT2D eigenvalue weighted by molar-refractivity contribution is 7.08. The Morgan fingerprint density at radius 3 is 2.53 bits per heavy atom. The zero-order chi connectivity index (χ0) is 12.4. The number of hydrogen-bond donors (Lipinski definition) is 1. The molecule has 1 N–H and O–H groups in total. The molecule has 0 aliphatic carbocycles. The third-order valence-corrected chi connectivity index (χ3v) is 2.94. The Hall–Kier alpha value is -1.95. The standard InChI is InChI=1S/C11H11N3O2S/c1-14(2)11(16)10-9(12-13-17-10)7-3-5-8(15)6-4-7/h3-6,15H,1-2H3. The molecular formula is C11H11N3O2S. The molecule has 6 heteroatoms. The predicted octanol–water partition coefficient (Wildman–Crippen LogP) is 1.61. The molecule has 5 nitrogen and oxygen atoms in total. The second kappa shape index (κ2) is 4.50. The fourth-order valence-corrected chi connectivity index (χ4v) is 2.05. The number of phenols is 1. The van der Waals surface area contributed by atoms with E-state index >= 15 is 0 Å². The molecule has 0 fully saturated rings. The van der Waals surface area contributed by atoms with Crippen molar-refractivity contribution in [3.8, 4) is 17.0 Å². The molecule has 0 spiro atoms. The molecule has 1 aromatic carbocycles. The van der Waals surface area contributed by atoms with Gasteiger partial charge >= 0.3 is 0 Å². The number of carbonyl (C=O) groups is 1. The zero-order valence-electron chi connectivity index (χ0n) is 9.41. The molecule has 0 radical (unpaired) electrons. The minimum Gasteiger partial charge on any atom is -0.508 e. The summed E-state index contributed by atoms with van der Waals surface area (Å²) in [7, 11) is 3.37. The Morgan fingerprint density at radius 1 is 1.29 bits per heavy atom. The summed E-state index contributed by atoms with van der Waals surface area (Å²) < 4.78 is 3.81. The van der Waals surface area contributed by atoms with Crippen molar-refractivity contribution < 1.29 is 9.90 Å². The van der Waals surface area contributed by atoms with Crippen LogP contribution in [0.4, 0.5) is 0 Å². The van der Waals surface area contributed by atoms with Gasteiger partial charge in [0, 0.05) is 19.7 Å². The maximum absolute atomic E-state index is 11.9. The van der Waals surface area contributed by atoms with Crippen LogP contribution in [0.2, 0.25) is 0 Å². The highest BCUT2D eigenvalue weighted by Crippen LogP contribution is 2.26. The fourth-order valence-electron chi connectivity index (χ4n) is 1.34. The number of benzene rings is 1. The molecule has 0 saturated carbocycles. The third-order valence-electron chi connectivity index (χ3n) is 2.23. The highest BCUT2D eigenvalue weighted by Gasteiger charge is 2.18. The summed E-state index contributed by atoms with van der Waals surface area (Å²) in [5, 5.41) is 13.2. The number of hydrogen-bond acceptors (Lipinski definition) is 5. The van der Waals surface area contributed by atoms with Gasteiger partial charge in [-0.25, -0.2) is 0 Å². The lowest BCUT2D eigenvalue weighted by Crippen LogP contribution is -2.21. The minimum absolute atomic E-state index is 0.122. The van der Waals surface area contributed by atoms with Gasteiger partial charge in [-0.05, 0) is 35.8 Å². The van der Waals surface area contributed by atoms with Gasteiger partial charge in [-0.15, -0.1) is 5.10 Å². The summed E-state index contributed by atoms with van der Waals surface area (Å²) in [4.78, 5) is 13.9. The summed E-state index contributed by atoms with van der Waals surface area (Å²) >= 11 is 1.07. The number of amides is 1. The van der Waals surface area contributed by atoms with Gasteiger partial charge < -0.3 is 10.0 Å². The van der Waals surface area contributed by atoms with Gasteiger partial charge in [0.2, 0.25) is 0 Å². The normalized spacial score (nSPS) is 10.2. The van der Waals surface area contributed by atoms with Crippen molar-refractivity contribution in [1.82, 2.24) is 14.5 Å². The molecule has 2 aromatic rings. The zero-order valence-corrected chi connectivity index (χ0v) is 10.2. The number of nitrogens with zero attached hydrogens (tertiary/aromatic N) is 3. The summed E-state index contributed by atoms with van der Waals surface area (Å²) in [6.45, 7) is 0. The van der Waals surface area contributed by atoms with Gasteiger partial charge in [0.05, 0.1) is 0 Å². The first-order chi connectivity index (χ1) is 8.09. The van der Waals surface area contributed by atoms with Crippen molar-refractivity contribution in [2.24, 2.45) is 0 Å². The summed E-state index contributed by atoms with van der Waals surface area (Å²) in [5.74, 6) is 0.0560. The van der Waals surface area contributed by atoms with Crippen LogP contribution < -0.4 is 0 Å². The quantitative estimate of drug-likeness (QED) is 0.878. The molecule has 0 aliphatic rings. The highest BCUT2D eigenvalue weighted by atomic mass is 32.1. The van der Waals surface area contributed by atoms with E-state index in [-0.39, 0.29) is 11.7 Å². The Balaban J connectivity index is 2.43. The second-order valence-corrected chi connectivity index (χ2v) is 4.45. The lowest BCUT2D eigenvalue weighted by Gasteiger charge is -2.08. The Kier molecular flexibility index (Phi) is 3.06. The van der Waals surface area contributed by atoms with Crippen molar-refractivity contribution in [1.29, 1.82) is 0 Å². The number of carbonyl (C=O) groups excluding carboxylic acids is 1. The Morgan fingerprint density at radius 2 is 1.94 bits per heavy atom. The van der Waals surface area contributed by atoms with Crippen LogP contribution in [-0.4, -0.2) is 39.6 Å². The minimum atomic E-state index is -0.122. The predicted molar refractivity (Wildman–Crippen MR) is 65.0 cm³/mol. The molecule has 17 heavy (non-hydrogen) atoms. The van der Waals surface area contributed by atoms with Crippen LogP contribution in [0.1, 0.15) is 9.67 Å². The number of aromatic nitrogens is 2. The van der Waals surface area contributed by atoms with Crippen LogP contribution in [0.25, 0.3) is 11.3 Å². The molecule has 0 unspecified atom stereocenters. The topological polar surface area (TPSA) is 66.3 Å². The number of rotatable bonds is 2. The molecule has 0 bridgehead atoms. The maximum atomic E-state index is 11.9. The molecule has 0 atom stereocenters. The molecular weight excluding hydrogens is 238 g/mol. The molecule has 88 valence electrons. The van der Waals surface area contributed by atoms with Gasteiger partial charge in [-0.3, -0.25) is 4.79 Å². The largest absolute Gasteiger partial charge is 0.508 e. The van der Waals surface area contributed by atoms with E-state index in [0.717, 1.165) is 17.1 Å². The van der Waals surface area contributed by atoms with Crippen LogP contribution in [0.3, 0.4) is 0 Å². The van der Waals surface area contributed by atoms with E-state index in [0.29, 0.717) is 10.6 Å². The average molecular weight is 249 g/mol. The number of phenolic OH excluding ortho intramolecular Hbond substituents is 1. The van der Waals surface area contributed by atoms with E-state index in [1.54, 1.807) is 38.4 Å². The number of aromatic hydroxyl groups is 1. The van der Waals surface area contributed by atoms with E-state index < -0.39 is 0 Å². The first-order valence-electron chi connectivity index (χ1n) is 4.93. The second-order valence-electron chi connectivity index (χ2n) is 3.70. The molecule has 2 rings (SSSR count). The smallest absolute Gasteiger partial charge is 0.267 e. The van der Waals surface area contributed by atoms with Gasteiger partial charge in [0.25, 0.3) is 5.91 Å². The van der Waals surface area contributed by atoms with Crippen molar-refractivity contribution >= 4 is 17.4 Å². The van der Waals surface area contributed by atoms with E-state index in [2.05, 4.69) is 9.59 Å². The van der Waals surface area contributed by atoms with Crippen molar-refractivity contribution in [2.75, 3.05) is 14.1 Å². The molecule has 1 amide bonds. The van der Waals surface area contributed by atoms with E-state index in [1.807, 2.05) is 0 Å². The summed E-state index contributed by atoms with van der Waals surface area (Å²) in [5.41, 5.74) is 1.32. The molecule has 0 saturated heterocycles. The van der Waals surface area contributed by atoms with E-state index in [1.165, 1.54) is 4.90 Å². The molecule has 1 heterocycles. The monoisotopic (exact) mass is 249 g/mol. The summed E-state index contributed by atoms with van der Waals surface area (Å²) in [6.07, 6.45) is 0. The summed E-state index contributed by atoms with van der Waals surface area (Å²) in [6, 6.07) is 6.52. The lowest BCUT2D eigenvalue weighted by molar-refractivity contribution is 0.0832. The van der Waals surface area contributed by atoms with Crippen molar-refractivity contribution in [3.05, 3.63) is 29.1 Å². The van der Waals surface area contributed by atoms with Gasteiger partial charge in [-0.1, -0.05) is 4.49 Å². The van der Waals surface area contributed by atoms with Crippen LogP contribution in [0.15, 0.2) is 24.3 Å². The Labute approximate surface area is 102 Å². The first-order valence-corrected chi connectivity index (χ1v) is 5.70. The maximum Gasteiger partial charge on any atom is 0.267 e. The van der Waals surface area contributed by atoms with Crippen LogP contribution in [-0.2, 0) is 0 Å². The van der Waals surface area contributed by atoms with Gasteiger partial charge in [0.1, 0.15) is 16.3 Å². The average Bonchev–Trinajstić information content (AvgIpc) is 2.77. The van der Waals surface area contributed by atoms with Crippen LogP contribution >= 0.6 is 11.5 Å². The first kappa shape index (κ1) is 11.5. The van der Waals surface area contributed by atoms with Gasteiger partial charge in [-0.2, -0.15) is 0 Å². The fraction of sp³-hybridized carbons (Fsp3) is 0.182. The third kappa shape index (κ3) is 2.26. The SMILES string of the molecule is CN(C)C(=O)c1snnc1-c1ccc(O)cc1. The van der Waals surface area contributed by atoms with E-state index in [4.69, 9.17) is 0 Å². The van der Waals surface area contributed by atoms with E-state index in [9.17, 15) is 9.90 Å². The Bertz CT molecular complexity index is 534. The lowest BCUT2D eigenvalue weighted by atomic mass is 10.1. The van der Waals surface area contributed by atoms with Gasteiger partial charge in [0.15, 0.2) is 0 Å². The molecule has 0 aliphatic heterocycles. The van der Waals surface area contributed by atoms with Crippen LogP contribution in [0, 0.1) is 0 Å². The molecule has 1 aromatic heterocycles.